The molecule has 0 fully saturated rings. The van der Waals surface area contributed by atoms with Crippen molar-refractivity contribution in [1.82, 2.24) is 4.98 Å². The molecule has 0 aliphatic heterocycles. The Morgan fingerprint density at radius 1 is 1.32 bits per heavy atom. The second kappa shape index (κ2) is 6.23. The van der Waals surface area contributed by atoms with E-state index in [1.54, 1.807) is 30.5 Å². The molecule has 0 aliphatic rings. The van der Waals surface area contributed by atoms with Gasteiger partial charge < -0.3 is 10.8 Å². The van der Waals surface area contributed by atoms with Crippen molar-refractivity contribution in [2.75, 3.05) is 6.54 Å². The summed E-state index contributed by atoms with van der Waals surface area (Å²) in [6.45, 7) is 0.185. The number of rotatable bonds is 4. The highest BCUT2D eigenvalue weighted by Gasteiger charge is 2.25. The molecule has 5 heteroatoms. The van der Waals surface area contributed by atoms with E-state index in [1.807, 2.05) is 6.07 Å². The maximum atomic E-state index is 13.8. The zero-order valence-corrected chi connectivity index (χ0v) is 11.7. The van der Waals surface area contributed by atoms with Crippen molar-refractivity contribution in [2.45, 2.75) is 12.0 Å². The minimum Gasteiger partial charge on any atom is -0.388 e. The number of hydrogen-bond acceptors (Lipinski definition) is 3. The Hall–Kier alpha value is -1.30. The van der Waals surface area contributed by atoms with E-state index in [9.17, 15) is 9.50 Å². The van der Waals surface area contributed by atoms with Gasteiger partial charge in [0.15, 0.2) is 0 Å². The molecule has 1 aromatic carbocycles. The van der Waals surface area contributed by atoms with E-state index in [1.165, 1.54) is 6.07 Å². The van der Waals surface area contributed by atoms with Crippen molar-refractivity contribution in [3.63, 3.8) is 0 Å². The Labute approximate surface area is 119 Å². The maximum Gasteiger partial charge on any atom is 0.129 e. The van der Waals surface area contributed by atoms with Gasteiger partial charge in [-0.15, -0.1) is 0 Å². The minimum absolute atomic E-state index is 0.185. The first-order valence-electron chi connectivity index (χ1n) is 5.87. The van der Waals surface area contributed by atoms with Crippen molar-refractivity contribution in [3.05, 3.63) is 64.1 Å². The molecule has 0 bridgehead atoms. The van der Waals surface area contributed by atoms with E-state index in [-0.39, 0.29) is 12.1 Å². The molecule has 3 nitrogen and oxygen atoms in total. The fourth-order valence-electron chi connectivity index (χ4n) is 1.96. The predicted octanol–water partition coefficient (Wildman–Crippen LogP) is 2.76. The largest absolute Gasteiger partial charge is 0.388 e. The molecule has 2 unspecified atom stereocenters. The number of pyridine rings is 1. The van der Waals surface area contributed by atoms with Gasteiger partial charge in [-0.3, -0.25) is 4.98 Å². The molecule has 0 amide bonds. The molecule has 0 radical (unpaired) electrons. The van der Waals surface area contributed by atoms with Gasteiger partial charge in [-0.2, -0.15) is 0 Å². The highest BCUT2D eigenvalue weighted by atomic mass is 79.9. The third-order valence-corrected chi connectivity index (χ3v) is 3.47. The number of aliphatic hydroxyl groups is 1. The van der Waals surface area contributed by atoms with Gasteiger partial charge in [0.2, 0.25) is 0 Å². The van der Waals surface area contributed by atoms with E-state index < -0.39 is 17.8 Å². The molecule has 0 spiro atoms. The molecular weight excluding hydrogens is 311 g/mol. The van der Waals surface area contributed by atoms with Crippen LogP contribution in [0.1, 0.15) is 23.3 Å². The monoisotopic (exact) mass is 324 g/mol. The van der Waals surface area contributed by atoms with Crippen LogP contribution < -0.4 is 5.73 Å². The lowest BCUT2D eigenvalue weighted by atomic mass is 9.92. The van der Waals surface area contributed by atoms with Gasteiger partial charge in [0, 0.05) is 34.4 Å². The van der Waals surface area contributed by atoms with Crippen LogP contribution in [0.2, 0.25) is 0 Å². The van der Waals surface area contributed by atoms with Gasteiger partial charge in [0.1, 0.15) is 5.82 Å². The van der Waals surface area contributed by atoms with E-state index in [2.05, 4.69) is 20.9 Å². The summed E-state index contributed by atoms with van der Waals surface area (Å²) >= 11 is 3.27. The van der Waals surface area contributed by atoms with Crippen molar-refractivity contribution in [1.29, 1.82) is 0 Å². The quantitative estimate of drug-likeness (QED) is 0.909. The van der Waals surface area contributed by atoms with E-state index in [4.69, 9.17) is 5.73 Å². The number of aliphatic hydroxyl groups excluding tert-OH is 1. The van der Waals surface area contributed by atoms with Gasteiger partial charge in [-0.05, 0) is 30.3 Å². The van der Waals surface area contributed by atoms with Crippen molar-refractivity contribution in [2.24, 2.45) is 5.73 Å². The Balaban J connectivity index is 2.36. The Morgan fingerprint density at radius 2 is 2.11 bits per heavy atom. The summed E-state index contributed by atoms with van der Waals surface area (Å²) in [5.41, 5.74) is 6.56. The van der Waals surface area contributed by atoms with Crippen molar-refractivity contribution >= 4 is 15.9 Å². The topological polar surface area (TPSA) is 59.1 Å². The SMILES string of the molecule is NCC(c1ccccn1)C(O)c1cc(Br)ccc1F. The van der Waals surface area contributed by atoms with Crippen LogP contribution >= 0.6 is 15.9 Å². The molecular formula is C14H14BrFN2O. The Morgan fingerprint density at radius 3 is 2.74 bits per heavy atom. The van der Waals surface area contributed by atoms with E-state index in [0.29, 0.717) is 10.2 Å². The molecule has 19 heavy (non-hydrogen) atoms. The lowest BCUT2D eigenvalue weighted by molar-refractivity contribution is 0.141. The molecule has 2 atom stereocenters. The summed E-state index contributed by atoms with van der Waals surface area (Å²) in [5.74, 6) is -0.893. The summed E-state index contributed by atoms with van der Waals surface area (Å²) in [6, 6.07) is 9.83. The molecule has 1 aromatic heterocycles. The van der Waals surface area contributed by atoms with Crippen molar-refractivity contribution < 1.29 is 9.50 Å². The molecule has 0 aliphatic carbocycles. The number of benzene rings is 1. The molecule has 100 valence electrons. The van der Waals surface area contributed by atoms with Crippen molar-refractivity contribution in [3.8, 4) is 0 Å². The Kier molecular flexibility index (Phi) is 4.63. The molecule has 3 N–H and O–H groups in total. The highest BCUT2D eigenvalue weighted by Crippen LogP contribution is 2.31. The van der Waals surface area contributed by atoms with Crippen LogP contribution in [0.4, 0.5) is 4.39 Å². The Bertz CT molecular complexity index is 550. The van der Waals surface area contributed by atoms with Crippen LogP contribution in [-0.2, 0) is 0 Å². The van der Waals surface area contributed by atoms with Gasteiger partial charge in [0.05, 0.1) is 6.10 Å². The highest BCUT2D eigenvalue weighted by molar-refractivity contribution is 9.10. The van der Waals surface area contributed by atoms with Crippen LogP contribution in [0, 0.1) is 5.82 Å². The zero-order chi connectivity index (χ0) is 13.8. The fraction of sp³-hybridized carbons (Fsp3) is 0.214. The van der Waals surface area contributed by atoms with Gasteiger partial charge in [-0.1, -0.05) is 22.0 Å². The second-order valence-corrected chi connectivity index (χ2v) is 5.12. The summed E-state index contributed by atoms with van der Waals surface area (Å²) in [7, 11) is 0. The summed E-state index contributed by atoms with van der Waals surface area (Å²) in [4.78, 5) is 4.17. The first-order chi connectivity index (χ1) is 9.13. The van der Waals surface area contributed by atoms with Gasteiger partial charge >= 0.3 is 0 Å². The van der Waals surface area contributed by atoms with E-state index in [0.717, 1.165) is 0 Å². The smallest absolute Gasteiger partial charge is 0.129 e. The van der Waals surface area contributed by atoms with Crippen LogP contribution in [0.25, 0.3) is 0 Å². The lowest BCUT2D eigenvalue weighted by Gasteiger charge is -2.22. The number of nitrogens with zero attached hydrogens (tertiary/aromatic N) is 1. The molecule has 2 rings (SSSR count). The lowest BCUT2D eigenvalue weighted by Crippen LogP contribution is -2.21. The van der Waals surface area contributed by atoms with Crippen LogP contribution in [-0.4, -0.2) is 16.6 Å². The third-order valence-electron chi connectivity index (χ3n) is 2.98. The standard InChI is InChI=1S/C14H14BrFN2O/c15-9-4-5-12(16)10(7-9)14(19)11(8-17)13-3-1-2-6-18-13/h1-7,11,14,19H,8,17H2. The second-order valence-electron chi connectivity index (χ2n) is 4.21. The molecule has 2 aromatic rings. The summed E-state index contributed by atoms with van der Waals surface area (Å²) in [6.07, 6.45) is 0.597. The fourth-order valence-corrected chi connectivity index (χ4v) is 2.34. The van der Waals surface area contributed by atoms with Crippen LogP contribution in [0.5, 0.6) is 0 Å². The number of nitrogens with two attached hydrogens (primary N) is 1. The number of halogens is 2. The third kappa shape index (κ3) is 3.18. The molecule has 0 saturated carbocycles. The van der Waals surface area contributed by atoms with Crippen LogP contribution in [0.15, 0.2) is 47.1 Å². The molecule has 1 heterocycles. The predicted molar refractivity (Wildman–Crippen MR) is 75.1 cm³/mol. The zero-order valence-electron chi connectivity index (χ0n) is 10.1. The first kappa shape index (κ1) is 14.1. The van der Waals surface area contributed by atoms with E-state index >= 15 is 0 Å². The minimum atomic E-state index is -1.03. The number of aromatic nitrogens is 1. The first-order valence-corrected chi connectivity index (χ1v) is 6.66. The normalized spacial score (nSPS) is 14.1. The maximum absolute atomic E-state index is 13.8. The van der Waals surface area contributed by atoms with Crippen LogP contribution in [0.3, 0.4) is 0 Å². The average molecular weight is 325 g/mol. The van der Waals surface area contributed by atoms with Gasteiger partial charge in [0.25, 0.3) is 0 Å². The number of hydrogen-bond donors (Lipinski definition) is 2. The summed E-state index contributed by atoms with van der Waals surface area (Å²) < 4.78 is 14.5. The average Bonchev–Trinajstić information content (AvgIpc) is 2.43. The molecule has 0 saturated heterocycles. The van der Waals surface area contributed by atoms with Gasteiger partial charge in [-0.25, -0.2) is 4.39 Å². The summed E-state index contributed by atoms with van der Waals surface area (Å²) in [5, 5.41) is 10.4.